The Labute approximate surface area is 141 Å². The first kappa shape index (κ1) is 17.1. The maximum Gasteiger partial charge on any atom is 0.246 e. The zero-order chi connectivity index (χ0) is 16.8. The van der Waals surface area contributed by atoms with Crippen LogP contribution in [0.25, 0.3) is 6.08 Å². The lowest BCUT2D eigenvalue weighted by Crippen LogP contribution is -2.24. The van der Waals surface area contributed by atoms with Gasteiger partial charge in [-0.15, -0.1) is 11.3 Å². The van der Waals surface area contributed by atoms with Gasteiger partial charge in [0.1, 0.15) is 11.5 Å². The number of methoxy groups -OCH3 is 2. The van der Waals surface area contributed by atoms with Crippen molar-refractivity contribution in [3.05, 3.63) is 51.7 Å². The van der Waals surface area contributed by atoms with E-state index in [1.54, 1.807) is 43.6 Å². The van der Waals surface area contributed by atoms with Crippen LogP contribution in [0.15, 0.2) is 35.7 Å². The Morgan fingerprint density at radius 2 is 2.04 bits per heavy atom. The summed E-state index contributed by atoms with van der Waals surface area (Å²) in [6.45, 7) is 2.51. The summed E-state index contributed by atoms with van der Waals surface area (Å²) in [4.78, 5) is 15.0. The van der Waals surface area contributed by atoms with Crippen LogP contribution in [0.2, 0.25) is 0 Å². The highest BCUT2D eigenvalue weighted by atomic mass is 32.1. The highest BCUT2D eigenvalue weighted by molar-refractivity contribution is 7.11. The molecule has 1 aromatic carbocycles. The second-order valence-electron chi connectivity index (χ2n) is 5.17. The van der Waals surface area contributed by atoms with Crippen molar-refractivity contribution >= 4 is 23.3 Å². The molecule has 0 saturated heterocycles. The van der Waals surface area contributed by atoms with E-state index < -0.39 is 0 Å². The van der Waals surface area contributed by atoms with Crippen LogP contribution in [-0.4, -0.2) is 32.1 Å². The molecule has 0 aliphatic carbocycles. The predicted molar refractivity (Wildman–Crippen MR) is 94.1 cm³/mol. The van der Waals surface area contributed by atoms with Crippen LogP contribution in [0.3, 0.4) is 0 Å². The summed E-state index contributed by atoms with van der Waals surface area (Å²) in [5, 5.41) is 2.02. The maximum atomic E-state index is 12.3. The summed E-state index contributed by atoms with van der Waals surface area (Å²) in [5.41, 5.74) is 2.11. The smallest absolute Gasteiger partial charge is 0.246 e. The van der Waals surface area contributed by atoms with Gasteiger partial charge in [0.2, 0.25) is 5.91 Å². The molecule has 0 spiro atoms. The van der Waals surface area contributed by atoms with Crippen molar-refractivity contribution < 1.29 is 14.3 Å². The van der Waals surface area contributed by atoms with Crippen LogP contribution in [0, 0.1) is 6.92 Å². The normalized spacial score (nSPS) is 10.8. The summed E-state index contributed by atoms with van der Waals surface area (Å²) < 4.78 is 10.6. The van der Waals surface area contributed by atoms with Gasteiger partial charge in [-0.3, -0.25) is 4.79 Å². The Morgan fingerprint density at radius 1 is 1.26 bits per heavy atom. The Hall–Kier alpha value is -2.27. The number of nitrogens with zero attached hydrogens (tertiary/aromatic N) is 1. The molecule has 4 nitrogen and oxygen atoms in total. The van der Waals surface area contributed by atoms with Gasteiger partial charge in [0.25, 0.3) is 0 Å². The van der Waals surface area contributed by atoms with Gasteiger partial charge in [0.15, 0.2) is 0 Å². The number of thiophene rings is 1. The average molecular weight is 331 g/mol. The van der Waals surface area contributed by atoms with Crippen LogP contribution in [0.1, 0.15) is 16.0 Å². The van der Waals surface area contributed by atoms with Crippen molar-refractivity contribution in [3.63, 3.8) is 0 Å². The first-order valence-electron chi connectivity index (χ1n) is 7.23. The van der Waals surface area contributed by atoms with E-state index in [2.05, 4.69) is 0 Å². The fourth-order valence-electron chi connectivity index (χ4n) is 2.15. The monoisotopic (exact) mass is 331 g/mol. The van der Waals surface area contributed by atoms with Crippen molar-refractivity contribution in [1.82, 2.24) is 4.90 Å². The molecule has 0 radical (unpaired) electrons. The van der Waals surface area contributed by atoms with Gasteiger partial charge in [-0.25, -0.2) is 0 Å². The van der Waals surface area contributed by atoms with Crippen molar-refractivity contribution in [3.8, 4) is 11.5 Å². The number of amides is 1. The van der Waals surface area contributed by atoms with E-state index in [0.717, 1.165) is 16.2 Å². The topological polar surface area (TPSA) is 38.8 Å². The molecule has 0 aliphatic rings. The van der Waals surface area contributed by atoms with E-state index in [9.17, 15) is 4.79 Å². The zero-order valence-electron chi connectivity index (χ0n) is 13.8. The minimum absolute atomic E-state index is 0.0457. The number of hydrogen-bond donors (Lipinski definition) is 0. The van der Waals surface area contributed by atoms with Crippen molar-refractivity contribution in [2.75, 3.05) is 21.3 Å². The molecule has 0 unspecified atom stereocenters. The van der Waals surface area contributed by atoms with Gasteiger partial charge in [0, 0.05) is 36.2 Å². The molecule has 122 valence electrons. The molecule has 5 heteroatoms. The highest BCUT2D eigenvalue weighted by Crippen LogP contribution is 2.25. The number of likely N-dealkylation sites (N-methyl/N-ethyl adjacent to an activating group) is 1. The summed E-state index contributed by atoms with van der Waals surface area (Å²) in [6, 6.07) is 7.63. The molecule has 2 rings (SSSR count). The molecular formula is C18H21NO3S. The molecule has 0 fully saturated rings. The van der Waals surface area contributed by atoms with Gasteiger partial charge in [-0.2, -0.15) is 0 Å². The van der Waals surface area contributed by atoms with E-state index >= 15 is 0 Å². The summed E-state index contributed by atoms with van der Waals surface area (Å²) >= 11 is 1.63. The van der Waals surface area contributed by atoms with Crippen LogP contribution >= 0.6 is 11.3 Å². The van der Waals surface area contributed by atoms with Crippen molar-refractivity contribution in [2.45, 2.75) is 13.5 Å². The SMILES string of the molecule is COc1ccc(CN(C)C(=O)/C=C/c2sccc2C)c(OC)c1. The number of aryl methyl sites for hydroxylation is 1. The molecule has 0 N–H and O–H groups in total. The third-order valence-electron chi connectivity index (χ3n) is 3.56. The quantitative estimate of drug-likeness (QED) is 0.757. The fourth-order valence-corrected chi connectivity index (χ4v) is 2.96. The van der Waals surface area contributed by atoms with Crippen LogP contribution < -0.4 is 9.47 Å². The molecule has 23 heavy (non-hydrogen) atoms. The summed E-state index contributed by atoms with van der Waals surface area (Å²) in [7, 11) is 5.00. The number of carbonyl (C=O) groups is 1. The van der Waals surface area contributed by atoms with E-state index in [1.807, 2.05) is 42.6 Å². The first-order chi connectivity index (χ1) is 11.0. The molecule has 0 aliphatic heterocycles. The van der Waals surface area contributed by atoms with E-state index in [1.165, 1.54) is 5.56 Å². The fraction of sp³-hybridized carbons (Fsp3) is 0.278. The summed E-state index contributed by atoms with van der Waals surface area (Å²) in [5.74, 6) is 1.39. The van der Waals surface area contributed by atoms with E-state index in [-0.39, 0.29) is 5.91 Å². The maximum absolute atomic E-state index is 12.3. The van der Waals surface area contributed by atoms with E-state index in [0.29, 0.717) is 12.3 Å². The third kappa shape index (κ3) is 4.36. The van der Waals surface area contributed by atoms with Crippen molar-refractivity contribution in [1.29, 1.82) is 0 Å². The van der Waals surface area contributed by atoms with Gasteiger partial charge in [0.05, 0.1) is 14.2 Å². The van der Waals surface area contributed by atoms with Crippen LogP contribution in [-0.2, 0) is 11.3 Å². The Morgan fingerprint density at radius 3 is 2.65 bits per heavy atom. The molecule has 0 saturated carbocycles. The second kappa shape index (κ2) is 7.83. The lowest BCUT2D eigenvalue weighted by molar-refractivity contribution is -0.125. The molecule has 0 bridgehead atoms. The van der Waals surface area contributed by atoms with Crippen LogP contribution in [0.5, 0.6) is 11.5 Å². The Balaban J connectivity index is 2.06. The van der Waals surface area contributed by atoms with E-state index in [4.69, 9.17) is 9.47 Å². The number of ether oxygens (including phenoxy) is 2. The number of rotatable bonds is 6. The molecular weight excluding hydrogens is 310 g/mol. The van der Waals surface area contributed by atoms with Gasteiger partial charge in [-0.05, 0) is 42.1 Å². The number of hydrogen-bond acceptors (Lipinski definition) is 4. The summed E-state index contributed by atoms with van der Waals surface area (Å²) in [6.07, 6.45) is 3.47. The lowest BCUT2D eigenvalue weighted by atomic mass is 10.1. The Kier molecular flexibility index (Phi) is 5.82. The van der Waals surface area contributed by atoms with Crippen LogP contribution in [0.4, 0.5) is 0 Å². The molecule has 1 aromatic heterocycles. The lowest BCUT2D eigenvalue weighted by Gasteiger charge is -2.17. The van der Waals surface area contributed by atoms with Gasteiger partial charge < -0.3 is 14.4 Å². The molecule has 1 heterocycles. The second-order valence-corrected chi connectivity index (χ2v) is 6.12. The molecule has 1 amide bonds. The first-order valence-corrected chi connectivity index (χ1v) is 8.11. The molecule has 2 aromatic rings. The third-order valence-corrected chi connectivity index (χ3v) is 4.54. The predicted octanol–water partition coefficient (Wildman–Crippen LogP) is 3.75. The van der Waals surface area contributed by atoms with Gasteiger partial charge in [-0.1, -0.05) is 0 Å². The standard InChI is InChI=1S/C18H21NO3S/c1-13-9-10-23-17(13)7-8-18(20)19(2)12-14-5-6-15(21-3)11-16(14)22-4/h5-11H,12H2,1-4H3/b8-7+. The highest BCUT2D eigenvalue weighted by Gasteiger charge is 2.11. The minimum atomic E-state index is -0.0457. The molecule has 0 atom stereocenters. The minimum Gasteiger partial charge on any atom is -0.497 e. The zero-order valence-corrected chi connectivity index (χ0v) is 14.6. The number of benzene rings is 1. The average Bonchev–Trinajstić information content (AvgIpc) is 2.97. The Bertz CT molecular complexity index is 706. The number of carbonyl (C=O) groups excluding carboxylic acids is 1. The van der Waals surface area contributed by atoms with Crippen molar-refractivity contribution in [2.24, 2.45) is 0 Å². The largest absolute Gasteiger partial charge is 0.497 e. The van der Waals surface area contributed by atoms with Gasteiger partial charge >= 0.3 is 0 Å².